The monoisotopic (exact) mass is 285 g/mol. The summed E-state index contributed by atoms with van der Waals surface area (Å²) in [4.78, 5) is 11.4. The number of benzene rings is 2. The fourth-order valence-electron chi connectivity index (χ4n) is 2.27. The van der Waals surface area contributed by atoms with Crippen molar-refractivity contribution in [2.75, 3.05) is 7.11 Å². The van der Waals surface area contributed by atoms with Crippen LogP contribution in [0.4, 0.5) is 0 Å². The van der Waals surface area contributed by atoms with Crippen molar-refractivity contribution in [2.24, 2.45) is 5.73 Å². The van der Waals surface area contributed by atoms with Gasteiger partial charge in [-0.25, -0.2) is 0 Å². The molecule has 0 aliphatic heterocycles. The minimum absolute atomic E-state index is 0.347. The van der Waals surface area contributed by atoms with Crippen LogP contribution in [0.15, 0.2) is 36.4 Å². The molecule has 0 fully saturated rings. The molecule has 0 bridgehead atoms. The Labute approximate surface area is 124 Å². The maximum Gasteiger partial charge on any atom is 0.252 e. The fourth-order valence-corrected chi connectivity index (χ4v) is 2.27. The van der Waals surface area contributed by atoms with Crippen molar-refractivity contribution in [3.8, 4) is 11.5 Å². The summed E-state index contributed by atoms with van der Waals surface area (Å²) >= 11 is 0. The SMILES string of the molecule is COc1ccc(C(N)=O)c(OCc2cc(C)cc(C)c2)c1. The molecule has 4 nitrogen and oxygen atoms in total. The minimum Gasteiger partial charge on any atom is -0.497 e. The number of carbonyl (C=O) groups excluding carboxylic acids is 1. The second kappa shape index (κ2) is 6.31. The lowest BCUT2D eigenvalue weighted by atomic mass is 10.1. The maximum atomic E-state index is 11.4. The number of rotatable bonds is 5. The molecule has 0 aliphatic carbocycles. The van der Waals surface area contributed by atoms with E-state index in [1.807, 2.05) is 13.8 Å². The zero-order valence-corrected chi connectivity index (χ0v) is 12.5. The Morgan fingerprint density at radius 2 is 1.76 bits per heavy atom. The molecule has 0 saturated carbocycles. The molecule has 0 saturated heterocycles. The molecule has 2 aromatic carbocycles. The second-order valence-electron chi connectivity index (χ2n) is 5.01. The van der Waals surface area contributed by atoms with Gasteiger partial charge in [0.25, 0.3) is 5.91 Å². The average Bonchev–Trinajstić information content (AvgIpc) is 2.43. The summed E-state index contributed by atoms with van der Waals surface area (Å²) in [6.07, 6.45) is 0. The molecule has 2 aromatic rings. The quantitative estimate of drug-likeness (QED) is 0.918. The summed E-state index contributed by atoms with van der Waals surface area (Å²) in [6, 6.07) is 11.2. The molecule has 2 N–H and O–H groups in total. The normalized spacial score (nSPS) is 10.2. The van der Waals surface area contributed by atoms with Gasteiger partial charge in [0.1, 0.15) is 18.1 Å². The summed E-state index contributed by atoms with van der Waals surface area (Å²) < 4.78 is 10.9. The van der Waals surface area contributed by atoms with Crippen LogP contribution in [0.3, 0.4) is 0 Å². The van der Waals surface area contributed by atoms with Crippen molar-refractivity contribution < 1.29 is 14.3 Å². The first-order valence-corrected chi connectivity index (χ1v) is 6.67. The molecule has 0 unspecified atom stereocenters. The topological polar surface area (TPSA) is 61.5 Å². The van der Waals surface area contributed by atoms with Crippen LogP contribution in [0.5, 0.6) is 11.5 Å². The van der Waals surface area contributed by atoms with Crippen LogP contribution in [0, 0.1) is 13.8 Å². The number of ether oxygens (including phenoxy) is 2. The van der Waals surface area contributed by atoms with Crippen LogP contribution in [-0.2, 0) is 6.61 Å². The molecule has 110 valence electrons. The second-order valence-corrected chi connectivity index (χ2v) is 5.01. The van der Waals surface area contributed by atoms with Gasteiger partial charge in [-0.1, -0.05) is 29.3 Å². The van der Waals surface area contributed by atoms with E-state index >= 15 is 0 Å². The number of aryl methyl sites for hydroxylation is 2. The molecule has 0 aromatic heterocycles. The fraction of sp³-hybridized carbons (Fsp3) is 0.235. The molecule has 0 heterocycles. The first-order chi connectivity index (χ1) is 9.99. The largest absolute Gasteiger partial charge is 0.497 e. The molecule has 0 radical (unpaired) electrons. The number of methoxy groups -OCH3 is 1. The van der Waals surface area contributed by atoms with E-state index in [1.54, 1.807) is 25.3 Å². The van der Waals surface area contributed by atoms with Gasteiger partial charge in [-0.15, -0.1) is 0 Å². The van der Waals surface area contributed by atoms with E-state index in [4.69, 9.17) is 15.2 Å². The average molecular weight is 285 g/mol. The number of hydrogen-bond donors (Lipinski definition) is 1. The van der Waals surface area contributed by atoms with E-state index in [0.717, 1.165) is 5.56 Å². The number of hydrogen-bond acceptors (Lipinski definition) is 3. The first-order valence-electron chi connectivity index (χ1n) is 6.67. The molecule has 0 aliphatic rings. The lowest BCUT2D eigenvalue weighted by Crippen LogP contribution is -2.13. The number of amides is 1. The predicted octanol–water partition coefficient (Wildman–Crippen LogP) is 2.99. The summed E-state index contributed by atoms with van der Waals surface area (Å²) in [6.45, 7) is 4.45. The highest BCUT2D eigenvalue weighted by Gasteiger charge is 2.11. The van der Waals surface area contributed by atoms with Crippen LogP contribution >= 0.6 is 0 Å². The summed E-state index contributed by atoms with van der Waals surface area (Å²) in [5, 5.41) is 0. The zero-order valence-electron chi connectivity index (χ0n) is 12.5. The van der Waals surface area contributed by atoms with Gasteiger partial charge in [-0.05, 0) is 31.5 Å². The summed E-state index contributed by atoms with van der Waals surface area (Å²) in [5.41, 5.74) is 9.11. The first kappa shape index (κ1) is 14.9. The molecular formula is C17H19NO3. The Balaban J connectivity index is 2.23. The van der Waals surface area contributed by atoms with Gasteiger partial charge in [0.15, 0.2) is 0 Å². The van der Waals surface area contributed by atoms with Gasteiger partial charge in [-0.2, -0.15) is 0 Å². The van der Waals surface area contributed by atoms with Crippen LogP contribution in [0.1, 0.15) is 27.0 Å². The predicted molar refractivity (Wildman–Crippen MR) is 81.8 cm³/mol. The summed E-state index contributed by atoms with van der Waals surface area (Å²) in [7, 11) is 1.56. The zero-order chi connectivity index (χ0) is 15.4. The van der Waals surface area contributed by atoms with Crippen molar-refractivity contribution in [2.45, 2.75) is 20.5 Å². The number of primary amides is 1. The van der Waals surface area contributed by atoms with Gasteiger partial charge >= 0.3 is 0 Å². The maximum absolute atomic E-state index is 11.4. The highest BCUT2D eigenvalue weighted by atomic mass is 16.5. The molecule has 2 rings (SSSR count). The summed E-state index contributed by atoms with van der Waals surface area (Å²) in [5.74, 6) is 0.532. The van der Waals surface area contributed by atoms with E-state index in [-0.39, 0.29) is 0 Å². The molecule has 0 spiro atoms. The molecule has 1 amide bonds. The highest BCUT2D eigenvalue weighted by molar-refractivity contribution is 5.95. The smallest absolute Gasteiger partial charge is 0.252 e. The Kier molecular flexibility index (Phi) is 4.48. The third-order valence-electron chi connectivity index (χ3n) is 3.13. The Bertz CT molecular complexity index is 645. The van der Waals surface area contributed by atoms with Crippen molar-refractivity contribution in [3.63, 3.8) is 0 Å². The minimum atomic E-state index is -0.520. The lowest BCUT2D eigenvalue weighted by molar-refractivity contribution is 0.0996. The van der Waals surface area contributed by atoms with Gasteiger partial charge < -0.3 is 15.2 Å². The molecule has 21 heavy (non-hydrogen) atoms. The van der Waals surface area contributed by atoms with Gasteiger partial charge in [0, 0.05) is 6.07 Å². The Hall–Kier alpha value is -2.49. The van der Waals surface area contributed by atoms with Gasteiger partial charge in [0.2, 0.25) is 0 Å². The van der Waals surface area contributed by atoms with Crippen LogP contribution in [0.2, 0.25) is 0 Å². The highest BCUT2D eigenvalue weighted by Crippen LogP contribution is 2.25. The van der Waals surface area contributed by atoms with Crippen LogP contribution < -0.4 is 15.2 Å². The van der Waals surface area contributed by atoms with Crippen molar-refractivity contribution >= 4 is 5.91 Å². The Morgan fingerprint density at radius 3 is 2.33 bits per heavy atom. The van der Waals surface area contributed by atoms with E-state index in [1.165, 1.54) is 11.1 Å². The van der Waals surface area contributed by atoms with Gasteiger partial charge in [-0.3, -0.25) is 4.79 Å². The number of nitrogens with two attached hydrogens (primary N) is 1. The molecule has 0 atom stereocenters. The number of carbonyl (C=O) groups is 1. The standard InChI is InChI=1S/C17H19NO3/c1-11-6-12(2)8-13(7-11)10-21-16-9-14(20-3)4-5-15(16)17(18)19/h4-9H,10H2,1-3H3,(H2,18,19). The lowest BCUT2D eigenvalue weighted by Gasteiger charge is -2.12. The third kappa shape index (κ3) is 3.75. The van der Waals surface area contributed by atoms with E-state index in [9.17, 15) is 4.79 Å². The van der Waals surface area contributed by atoms with E-state index in [0.29, 0.717) is 23.7 Å². The van der Waals surface area contributed by atoms with Crippen LogP contribution in [0.25, 0.3) is 0 Å². The molecular weight excluding hydrogens is 266 g/mol. The third-order valence-corrected chi connectivity index (χ3v) is 3.13. The van der Waals surface area contributed by atoms with E-state index in [2.05, 4.69) is 18.2 Å². The van der Waals surface area contributed by atoms with E-state index < -0.39 is 5.91 Å². The van der Waals surface area contributed by atoms with Crippen LogP contribution in [-0.4, -0.2) is 13.0 Å². The van der Waals surface area contributed by atoms with Crippen molar-refractivity contribution in [1.82, 2.24) is 0 Å². The van der Waals surface area contributed by atoms with Crippen molar-refractivity contribution in [1.29, 1.82) is 0 Å². The van der Waals surface area contributed by atoms with Gasteiger partial charge in [0.05, 0.1) is 12.7 Å². The Morgan fingerprint density at radius 1 is 1.10 bits per heavy atom. The van der Waals surface area contributed by atoms with Crippen molar-refractivity contribution in [3.05, 3.63) is 58.7 Å². The molecule has 4 heteroatoms.